The highest BCUT2D eigenvalue weighted by Gasteiger charge is 2.11. The summed E-state index contributed by atoms with van der Waals surface area (Å²) in [7, 11) is 0. The Balaban J connectivity index is 1.88. The highest BCUT2D eigenvalue weighted by atomic mass is 19.1. The molecule has 0 aromatic heterocycles. The lowest BCUT2D eigenvalue weighted by Gasteiger charge is -2.10. The van der Waals surface area contributed by atoms with E-state index < -0.39 is 5.82 Å². The van der Waals surface area contributed by atoms with Gasteiger partial charge < -0.3 is 9.47 Å². The fourth-order valence-electron chi connectivity index (χ4n) is 2.21. The lowest BCUT2D eigenvalue weighted by atomic mass is 10.1. The number of para-hydroxylation sites is 1. The Morgan fingerprint density at radius 2 is 1.36 bits per heavy atom. The van der Waals surface area contributed by atoms with Crippen LogP contribution in [0.2, 0.25) is 0 Å². The normalized spacial score (nSPS) is 9.72. The maximum Gasteiger partial charge on any atom is 0.165 e. The number of ether oxygens (including phenoxy) is 2. The van der Waals surface area contributed by atoms with Crippen LogP contribution < -0.4 is 9.47 Å². The van der Waals surface area contributed by atoms with Crippen LogP contribution in [0.3, 0.4) is 0 Å². The van der Waals surface area contributed by atoms with Crippen molar-refractivity contribution in [1.29, 1.82) is 10.5 Å². The molecule has 0 saturated carbocycles. The van der Waals surface area contributed by atoms with Crippen molar-refractivity contribution in [2.24, 2.45) is 0 Å². The summed E-state index contributed by atoms with van der Waals surface area (Å²) in [6.45, 7) is 0. The van der Waals surface area contributed by atoms with Crippen LogP contribution >= 0.6 is 0 Å². The highest BCUT2D eigenvalue weighted by molar-refractivity contribution is 5.55. The van der Waals surface area contributed by atoms with Crippen molar-refractivity contribution in [1.82, 2.24) is 0 Å². The van der Waals surface area contributed by atoms with Crippen molar-refractivity contribution in [3.63, 3.8) is 0 Å². The minimum Gasteiger partial charge on any atom is -0.456 e. The Kier molecular flexibility index (Phi) is 4.60. The molecule has 0 spiro atoms. The van der Waals surface area contributed by atoms with Gasteiger partial charge in [0.25, 0.3) is 0 Å². The molecule has 5 heteroatoms. The van der Waals surface area contributed by atoms with E-state index in [9.17, 15) is 9.65 Å². The van der Waals surface area contributed by atoms with Crippen molar-refractivity contribution >= 4 is 0 Å². The van der Waals surface area contributed by atoms with Crippen LogP contribution in [0.25, 0.3) is 0 Å². The second-order valence-electron chi connectivity index (χ2n) is 5.01. The molecule has 3 rings (SSSR count). The predicted octanol–water partition coefficient (Wildman–Crippen LogP) is 5.15. The maximum atomic E-state index is 13.7. The van der Waals surface area contributed by atoms with Crippen LogP contribution in [0, 0.1) is 28.5 Å². The summed E-state index contributed by atoms with van der Waals surface area (Å²) in [5.41, 5.74) is 0.393. The van der Waals surface area contributed by atoms with Crippen LogP contribution in [0.4, 0.5) is 4.39 Å². The van der Waals surface area contributed by atoms with Crippen LogP contribution in [0.5, 0.6) is 23.0 Å². The predicted molar refractivity (Wildman–Crippen MR) is 88.9 cm³/mol. The fourth-order valence-corrected chi connectivity index (χ4v) is 2.21. The number of nitriles is 2. The standard InChI is InChI=1S/C20H11FN2O2/c21-18-8-1-2-9-20(18)25-16-7-4-6-15(11-16)24-19-10-3-5-14(12-22)17(19)13-23/h1-11H. The zero-order chi connectivity index (χ0) is 17.6. The largest absolute Gasteiger partial charge is 0.456 e. The molecule has 0 atom stereocenters. The number of rotatable bonds is 4. The van der Waals surface area contributed by atoms with Gasteiger partial charge in [0.05, 0.1) is 5.56 Å². The molecule has 4 nitrogen and oxygen atoms in total. The van der Waals surface area contributed by atoms with Crippen molar-refractivity contribution in [2.45, 2.75) is 0 Å². The van der Waals surface area contributed by atoms with Gasteiger partial charge in [-0.25, -0.2) is 4.39 Å². The molecule has 0 amide bonds. The van der Waals surface area contributed by atoms with E-state index in [0.717, 1.165) is 0 Å². The molecular weight excluding hydrogens is 319 g/mol. The average molecular weight is 330 g/mol. The first-order chi connectivity index (χ1) is 12.2. The van der Waals surface area contributed by atoms with E-state index in [1.807, 2.05) is 12.1 Å². The highest BCUT2D eigenvalue weighted by Crippen LogP contribution is 2.31. The monoisotopic (exact) mass is 330 g/mol. The Labute approximate surface area is 143 Å². The van der Waals surface area contributed by atoms with Crippen LogP contribution in [-0.2, 0) is 0 Å². The van der Waals surface area contributed by atoms with Gasteiger partial charge in [0.2, 0.25) is 0 Å². The van der Waals surface area contributed by atoms with Crippen LogP contribution in [-0.4, -0.2) is 0 Å². The minimum atomic E-state index is -0.470. The number of halogens is 1. The second-order valence-corrected chi connectivity index (χ2v) is 5.01. The molecule has 0 bridgehead atoms. The molecule has 0 aliphatic rings. The Morgan fingerprint density at radius 3 is 2.04 bits per heavy atom. The molecule has 3 aromatic carbocycles. The number of hydrogen-bond acceptors (Lipinski definition) is 4. The third kappa shape index (κ3) is 3.57. The average Bonchev–Trinajstić information content (AvgIpc) is 2.64. The molecule has 0 unspecified atom stereocenters. The number of benzene rings is 3. The van der Waals surface area contributed by atoms with Crippen molar-refractivity contribution < 1.29 is 13.9 Å². The van der Waals surface area contributed by atoms with Gasteiger partial charge in [0.15, 0.2) is 11.6 Å². The smallest absolute Gasteiger partial charge is 0.165 e. The van der Waals surface area contributed by atoms with E-state index >= 15 is 0 Å². The first kappa shape index (κ1) is 16.0. The van der Waals surface area contributed by atoms with Crippen LogP contribution in [0.1, 0.15) is 11.1 Å². The summed E-state index contributed by atoms with van der Waals surface area (Å²) in [5, 5.41) is 18.3. The first-order valence-corrected chi connectivity index (χ1v) is 7.35. The van der Waals surface area contributed by atoms with E-state index in [1.54, 1.807) is 54.6 Å². The maximum absolute atomic E-state index is 13.7. The van der Waals surface area contributed by atoms with E-state index in [-0.39, 0.29) is 22.6 Å². The summed E-state index contributed by atoms with van der Waals surface area (Å²) >= 11 is 0. The topological polar surface area (TPSA) is 66.0 Å². The summed E-state index contributed by atoms with van der Waals surface area (Å²) in [4.78, 5) is 0. The molecule has 0 N–H and O–H groups in total. The van der Waals surface area contributed by atoms with E-state index in [1.165, 1.54) is 12.1 Å². The number of nitrogens with zero attached hydrogens (tertiary/aromatic N) is 2. The molecule has 0 heterocycles. The molecule has 0 aliphatic carbocycles. The molecule has 3 aromatic rings. The van der Waals surface area contributed by atoms with E-state index in [2.05, 4.69) is 0 Å². The first-order valence-electron chi connectivity index (χ1n) is 7.35. The van der Waals surface area contributed by atoms with Gasteiger partial charge in [-0.05, 0) is 36.4 Å². The van der Waals surface area contributed by atoms with Gasteiger partial charge in [-0.2, -0.15) is 10.5 Å². The van der Waals surface area contributed by atoms with Gasteiger partial charge in [-0.1, -0.05) is 24.3 Å². The zero-order valence-electron chi connectivity index (χ0n) is 12.9. The molecule has 0 saturated heterocycles. The van der Waals surface area contributed by atoms with E-state index in [0.29, 0.717) is 11.5 Å². The molecule has 120 valence electrons. The van der Waals surface area contributed by atoms with Gasteiger partial charge in [-0.3, -0.25) is 0 Å². The lowest BCUT2D eigenvalue weighted by Crippen LogP contribution is -1.92. The summed E-state index contributed by atoms with van der Waals surface area (Å²) < 4.78 is 24.9. The van der Waals surface area contributed by atoms with Gasteiger partial charge in [0.1, 0.15) is 35.0 Å². The lowest BCUT2D eigenvalue weighted by molar-refractivity contribution is 0.434. The third-order valence-electron chi connectivity index (χ3n) is 3.36. The Bertz CT molecular complexity index is 1000. The molecular formula is C20H11FN2O2. The number of hydrogen-bond donors (Lipinski definition) is 0. The van der Waals surface area contributed by atoms with Crippen LogP contribution in [0.15, 0.2) is 66.7 Å². The summed E-state index contributed by atoms with van der Waals surface area (Å²) in [6, 6.07) is 21.4. The SMILES string of the molecule is N#Cc1cccc(Oc2cccc(Oc3ccccc3F)c2)c1C#N. The van der Waals surface area contributed by atoms with Gasteiger partial charge in [-0.15, -0.1) is 0 Å². The molecule has 0 radical (unpaired) electrons. The fraction of sp³-hybridized carbons (Fsp3) is 0. The Morgan fingerprint density at radius 1 is 0.720 bits per heavy atom. The van der Waals surface area contributed by atoms with Gasteiger partial charge in [0, 0.05) is 6.07 Å². The van der Waals surface area contributed by atoms with Crippen molar-refractivity contribution in [3.05, 3.63) is 83.7 Å². The van der Waals surface area contributed by atoms with E-state index in [4.69, 9.17) is 14.7 Å². The zero-order valence-corrected chi connectivity index (χ0v) is 12.9. The quantitative estimate of drug-likeness (QED) is 0.663. The minimum absolute atomic E-state index is 0.101. The summed E-state index contributed by atoms with van der Waals surface area (Å²) in [5.74, 6) is 0.689. The molecule has 0 aliphatic heterocycles. The third-order valence-corrected chi connectivity index (χ3v) is 3.36. The van der Waals surface area contributed by atoms with Gasteiger partial charge >= 0.3 is 0 Å². The summed E-state index contributed by atoms with van der Waals surface area (Å²) in [6.07, 6.45) is 0. The van der Waals surface area contributed by atoms with Crippen molar-refractivity contribution in [2.75, 3.05) is 0 Å². The molecule has 25 heavy (non-hydrogen) atoms. The molecule has 0 fully saturated rings. The van der Waals surface area contributed by atoms with Crippen molar-refractivity contribution in [3.8, 4) is 35.1 Å². The Hall–Kier alpha value is -3.83. The second kappa shape index (κ2) is 7.16.